The Balaban J connectivity index is 3.24. The van der Waals surface area contributed by atoms with E-state index < -0.39 is 13.2 Å². The van der Waals surface area contributed by atoms with Crippen molar-refractivity contribution < 1.29 is 47.4 Å². The Morgan fingerprint density at radius 2 is 1.15 bits per heavy atom. The topological polar surface area (TPSA) is 130 Å². The fraction of sp³-hybridized carbons (Fsp3) is 0.938. The van der Waals surface area contributed by atoms with Crippen molar-refractivity contribution in [2.75, 3.05) is 66.1 Å². The molecule has 0 bridgehead atoms. The van der Waals surface area contributed by atoms with E-state index in [0.717, 1.165) is 6.42 Å². The first-order valence-electron chi connectivity index (χ1n) is 8.87. The van der Waals surface area contributed by atoms with Gasteiger partial charge in [0.15, 0.2) is 0 Å². The summed E-state index contributed by atoms with van der Waals surface area (Å²) in [7, 11) is -4.42. The number of phosphoric acid groups is 1. The lowest BCUT2D eigenvalue weighted by atomic mass is 9.91. The van der Waals surface area contributed by atoms with E-state index in [9.17, 15) is 9.36 Å². The van der Waals surface area contributed by atoms with Crippen LogP contribution >= 0.6 is 7.82 Å². The van der Waals surface area contributed by atoms with E-state index in [1.54, 1.807) is 0 Å². The second kappa shape index (κ2) is 15.4. The van der Waals surface area contributed by atoms with Crippen LogP contribution in [0, 0.1) is 5.41 Å². The van der Waals surface area contributed by atoms with E-state index in [0.29, 0.717) is 46.2 Å². The smallest absolute Gasteiger partial charge is 0.463 e. The first-order valence-corrected chi connectivity index (χ1v) is 10.4. The number of hydrogen-bond acceptors (Lipinski definition) is 8. The number of rotatable bonds is 18. The molecule has 0 aliphatic carbocycles. The molecule has 11 heteroatoms. The van der Waals surface area contributed by atoms with E-state index >= 15 is 0 Å². The fourth-order valence-corrected chi connectivity index (χ4v) is 1.82. The molecule has 0 aliphatic heterocycles. The number of phosphoric ester groups is 1. The van der Waals surface area contributed by atoms with E-state index in [4.69, 9.17) is 33.5 Å². The van der Waals surface area contributed by atoms with E-state index in [1.807, 2.05) is 20.8 Å². The molecule has 0 saturated carbocycles. The molecule has 0 unspecified atom stereocenters. The molecule has 0 rings (SSSR count). The molecule has 0 amide bonds. The summed E-state index contributed by atoms with van der Waals surface area (Å²) in [6.07, 6.45) is 0.722. The molecule has 0 aromatic carbocycles. The molecule has 0 heterocycles. The van der Waals surface area contributed by atoms with Gasteiger partial charge in [-0.1, -0.05) is 6.92 Å². The number of carbonyl (C=O) groups is 1. The second-order valence-electron chi connectivity index (χ2n) is 6.15. The molecule has 10 nitrogen and oxygen atoms in total. The average molecular weight is 416 g/mol. The van der Waals surface area contributed by atoms with Crippen LogP contribution in [-0.4, -0.2) is 81.8 Å². The Bertz CT molecular complexity index is 423. The Morgan fingerprint density at radius 3 is 1.52 bits per heavy atom. The van der Waals surface area contributed by atoms with Gasteiger partial charge in [-0.3, -0.25) is 9.32 Å². The quantitative estimate of drug-likeness (QED) is 0.191. The van der Waals surface area contributed by atoms with Gasteiger partial charge in [-0.05, 0) is 20.3 Å². The summed E-state index contributed by atoms with van der Waals surface area (Å²) in [6.45, 7) is 8.34. The first kappa shape index (κ1) is 26.4. The molecule has 0 aromatic rings. The Morgan fingerprint density at radius 1 is 0.778 bits per heavy atom. The third kappa shape index (κ3) is 17.3. The molecule has 162 valence electrons. The molecule has 0 saturated heterocycles. The van der Waals surface area contributed by atoms with Crippen LogP contribution in [0.4, 0.5) is 0 Å². The highest BCUT2D eigenvalue weighted by molar-refractivity contribution is 7.46. The third-order valence-electron chi connectivity index (χ3n) is 3.50. The van der Waals surface area contributed by atoms with Crippen LogP contribution in [0.1, 0.15) is 27.2 Å². The molecule has 0 aromatic heterocycles. The Labute approximate surface area is 160 Å². The first-order chi connectivity index (χ1) is 12.7. The summed E-state index contributed by atoms with van der Waals surface area (Å²) in [5, 5.41) is 0. The van der Waals surface area contributed by atoms with Crippen LogP contribution in [0.5, 0.6) is 0 Å². The van der Waals surface area contributed by atoms with Crippen LogP contribution in [0.2, 0.25) is 0 Å². The zero-order valence-electron chi connectivity index (χ0n) is 16.4. The third-order valence-corrected chi connectivity index (χ3v) is 4.02. The van der Waals surface area contributed by atoms with E-state index in [-0.39, 0.29) is 25.8 Å². The number of carbonyl (C=O) groups excluding carboxylic acids is 1. The van der Waals surface area contributed by atoms with Crippen LogP contribution < -0.4 is 0 Å². The highest BCUT2D eigenvalue weighted by Crippen LogP contribution is 2.35. The average Bonchev–Trinajstić information content (AvgIpc) is 2.60. The minimum absolute atomic E-state index is 0.0769. The number of esters is 1. The summed E-state index contributed by atoms with van der Waals surface area (Å²) >= 11 is 0. The zero-order valence-corrected chi connectivity index (χ0v) is 17.3. The predicted molar refractivity (Wildman–Crippen MR) is 96.3 cm³/mol. The van der Waals surface area contributed by atoms with Crippen LogP contribution in [0.3, 0.4) is 0 Å². The molecule has 0 radical (unpaired) electrons. The highest BCUT2D eigenvalue weighted by atomic mass is 31.2. The van der Waals surface area contributed by atoms with E-state index in [2.05, 4.69) is 4.52 Å². The summed E-state index contributed by atoms with van der Waals surface area (Å²) in [5.74, 6) is -0.222. The van der Waals surface area contributed by atoms with Crippen molar-refractivity contribution in [3.63, 3.8) is 0 Å². The van der Waals surface area contributed by atoms with Crippen LogP contribution in [0.15, 0.2) is 0 Å². The second-order valence-corrected chi connectivity index (χ2v) is 7.39. The highest BCUT2D eigenvalue weighted by Gasteiger charge is 2.26. The maximum atomic E-state index is 11.7. The normalized spacial score (nSPS) is 12.3. The van der Waals surface area contributed by atoms with Crippen molar-refractivity contribution in [2.45, 2.75) is 27.2 Å². The summed E-state index contributed by atoms with van der Waals surface area (Å²) < 4.78 is 40.7. The van der Waals surface area contributed by atoms with Gasteiger partial charge in [0.1, 0.15) is 6.61 Å². The molecule has 0 aliphatic rings. The Hall–Kier alpha value is -0.580. The van der Waals surface area contributed by atoms with E-state index in [1.165, 1.54) is 0 Å². The van der Waals surface area contributed by atoms with Crippen molar-refractivity contribution in [1.82, 2.24) is 0 Å². The number of ether oxygens (including phenoxy) is 5. The van der Waals surface area contributed by atoms with Gasteiger partial charge in [-0.15, -0.1) is 0 Å². The van der Waals surface area contributed by atoms with Gasteiger partial charge >= 0.3 is 13.8 Å². The van der Waals surface area contributed by atoms with Gasteiger partial charge < -0.3 is 33.5 Å². The van der Waals surface area contributed by atoms with Crippen LogP contribution in [0.25, 0.3) is 0 Å². The van der Waals surface area contributed by atoms with Gasteiger partial charge in [0.25, 0.3) is 0 Å². The van der Waals surface area contributed by atoms with Crippen molar-refractivity contribution in [2.24, 2.45) is 5.41 Å². The van der Waals surface area contributed by atoms with Gasteiger partial charge in [0.2, 0.25) is 0 Å². The zero-order chi connectivity index (χ0) is 20.6. The lowest BCUT2D eigenvalue weighted by Gasteiger charge is -2.20. The fourth-order valence-electron chi connectivity index (χ4n) is 1.51. The van der Waals surface area contributed by atoms with Gasteiger partial charge in [0.05, 0.1) is 64.9 Å². The molecule has 27 heavy (non-hydrogen) atoms. The van der Waals surface area contributed by atoms with Gasteiger partial charge in [0, 0.05) is 0 Å². The molecule has 0 spiro atoms. The summed E-state index contributed by atoms with van der Waals surface area (Å²) in [5.41, 5.74) is -0.467. The molecular weight excluding hydrogens is 383 g/mol. The predicted octanol–water partition coefficient (Wildman–Crippen LogP) is 1.14. The monoisotopic (exact) mass is 416 g/mol. The minimum Gasteiger partial charge on any atom is -0.463 e. The van der Waals surface area contributed by atoms with Gasteiger partial charge in [-0.25, -0.2) is 4.57 Å². The van der Waals surface area contributed by atoms with Crippen LogP contribution in [-0.2, 0) is 37.6 Å². The lowest BCUT2D eigenvalue weighted by molar-refractivity contribution is -0.155. The Kier molecular flexibility index (Phi) is 15.0. The molecule has 0 fully saturated rings. The van der Waals surface area contributed by atoms with Crippen molar-refractivity contribution in [3.8, 4) is 0 Å². The summed E-state index contributed by atoms with van der Waals surface area (Å²) in [6, 6.07) is 0. The maximum absolute atomic E-state index is 11.7. The van der Waals surface area contributed by atoms with Gasteiger partial charge in [-0.2, -0.15) is 0 Å². The largest absolute Gasteiger partial charge is 0.469 e. The minimum atomic E-state index is -4.42. The van der Waals surface area contributed by atoms with Crippen molar-refractivity contribution in [3.05, 3.63) is 0 Å². The molecular formula is C16H33O10P. The number of hydrogen-bond donors (Lipinski definition) is 2. The van der Waals surface area contributed by atoms with Crippen molar-refractivity contribution >= 4 is 13.8 Å². The van der Waals surface area contributed by atoms with Crippen molar-refractivity contribution in [1.29, 1.82) is 0 Å². The lowest BCUT2D eigenvalue weighted by Crippen LogP contribution is -2.27. The molecule has 0 atom stereocenters. The SMILES string of the molecule is CCC(C)(C)C(=O)OCCOCCOCCOCCOCCOP(=O)(O)O. The summed E-state index contributed by atoms with van der Waals surface area (Å²) in [4.78, 5) is 28.6. The standard InChI is InChI=1S/C16H33O10P/c1-4-16(2,3)15(17)25-13-11-23-9-7-21-5-6-22-8-10-24-12-14-26-27(18,19)20/h4-14H2,1-3H3,(H2,18,19,20). The molecule has 2 N–H and O–H groups in total. The maximum Gasteiger partial charge on any atom is 0.469 e.